The summed E-state index contributed by atoms with van der Waals surface area (Å²) >= 11 is 0. The summed E-state index contributed by atoms with van der Waals surface area (Å²) in [6.07, 6.45) is 0.113. The number of benzene rings is 1. The lowest BCUT2D eigenvalue weighted by atomic mass is 10.0. The Labute approximate surface area is 120 Å². The van der Waals surface area contributed by atoms with Gasteiger partial charge < -0.3 is 20.5 Å². The molecule has 0 fully saturated rings. The molecule has 1 rings (SSSR count). The van der Waals surface area contributed by atoms with E-state index in [2.05, 4.69) is 10.6 Å². The molecule has 0 saturated heterocycles. The number of aliphatic hydroxyl groups excluding tert-OH is 1. The van der Waals surface area contributed by atoms with Crippen LogP contribution in [-0.2, 0) is 4.74 Å². The number of aliphatic hydroxyl groups is 1. The number of amides is 2. The van der Waals surface area contributed by atoms with E-state index in [9.17, 15) is 9.90 Å². The Kier molecular flexibility index (Phi) is 7.04. The van der Waals surface area contributed by atoms with E-state index in [-0.39, 0.29) is 25.2 Å². The Balaban J connectivity index is 2.47. The van der Waals surface area contributed by atoms with Crippen molar-refractivity contribution in [1.29, 1.82) is 0 Å². The molecule has 1 aromatic rings. The summed E-state index contributed by atoms with van der Waals surface area (Å²) in [6.45, 7) is 4.42. The summed E-state index contributed by atoms with van der Waals surface area (Å²) in [5.74, 6) is 0. The highest BCUT2D eigenvalue weighted by molar-refractivity contribution is 5.74. The molecule has 112 valence electrons. The predicted octanol–water partition coefficient (Wildman–Crippen LogP) is 1.75. The number of hydrogen-bond donors (Lipinski definition) is 3. The lowest BCUT2D eigenvalue weighted by Gasteiger charge is -2.19. The third-order valence-electron chi connectivity index (χ3n) is 3.05. The number of rotatable bonds is 7. The van der Waals surface area contributed by atoms with E-state index in [1.165, 1.54) is 12.7 Å². The number of hydrogen-bond acceptors (Lipinski definition) is 3. The van der Waals surface area contributed by atoms with Crippen molar-refractivity contribution in [2.75, 3.05) is 20.3 Å². The first kappa shape index (κ1) is 16.5. The van der Waals surface area contributed by atoms with Gasteiger partial charge in [-0.25, -0.2) is 4.79 Å². The van der Waals surface area contributed by atoms with E-state index < -0.39 is 6.10 Å². The first-order valence-electron chi connectivity index (χ1n) is 6.84. The SMILES string of the molecule is CCC(NC(=O)NCC(O)COC)c1ccc(C)cc1. The maximum atomic E-state index is 11.8. The maximum Gasteiger partial charge on any atom is 0.315 e. The van der Waals surface area contributed by atoms with Gasteiger partial charge in [-0.3, -0.25) is 0 Å². The summed E-state index contributed by atoms with van der Waals surface area (Å²) in [5, 5.41) is 15.0. The normalized spacial score (nSPS) is 13.6. The van der Waals surface area contributed by atoms with Gasteiger partial charge in [0.25, 0.3) is 0 Å². The summed E-state index contributed by atoms with van der Waals surface area (Å²) in [4.78, 5) is 11.8. The number of nitrogens with one attached hydrogen (secondary N) is 2. The molecule has 2 unspecified atom stereocenters. The minimum absolute atomic E-state index is 0.0323. The molecule has 5 nitrogen and oxygen atoms in total. The van der Waals surface area contributed by atoms with Gasteiger partial charge in [0, 0.05) is 13.7 Å². The molecule has 20 heavy (non-hydrogen) atoms. The van der Waals surface area contributed by atoms with Crippen LogP contribution in [0.1, 0.15) is 30.5 Å². The third-order valence-corrected chi connectivity index (χ3v) is 3.05. The van der Waals surface area contributed by atoms with E-state index >= 15 is 0 Å². The topological polar surface area (TPSA) is 70.6 Å². The highest BCUT2D eigenvalue weighted by Crippen LogP contribution is 2.16. The number of urea groups is 1. The molecule has 0 aliphatic rings. The zero-order chi connectivity index (χ0) is 15.0. The van der Waals surface area contributed by atoms with Crippen molar-refractivity contribution in [3.63, 3.8) is 0 Å². The smallest absolute Gasteiger partial charge is 0.315 e. The van der Waals surface area contributed by atoms with Crippen molar-refractivity contribution < 1.29 is 14.6 Å². The van der Waals surface area contributed by atoms with Crippen molar-refractivity contribution in [2.24, 2.45) is 0 Å². The van der Waals surface area contributed by atoms with Crippen LogP contribution >= 0.6 is 0 Å². The Hall–Kier alpha value is -1.59. The Morgan fingerprint density at radius 2 is 2.00 bits per heavy atom. The molecule has 2 amide bonds. The molecular formula is C15H24N2O3. The molecule has 0 bridgehead atoms. The maximum absolute atomic E-state index is 11.8. The van der Waals surface area contributed by atoms with Gasteiger partial charge in [-0.05, 0) is 18.9 Å². The fraction of sp³-hybridized carbons (Fsp3) is 0.533. The van der Waals surface area contributed by atoms with Gasteiger partial charge in [-0.2, -0.15) is 0 Å². The van der Waals surface area contributed by atoms with Crippen molar-refractivity contribution >= 4 is 6.03 Å². The Bertz CT molecular complexity index is 406. The fourth-order valence-electron chi connectivity index (χ4n) is 1.89. The fourth-order valence-corrected chi connectivity index (χ4v) is 1.89. The summed E-state index contributed by atoms with van der Waals surface area (Å²) in [5.41, 5.74) is 2.27. The molecule has 5 heteroatoms. The molecule has 0 spiro atoms. The Morgan fingerprint density at radius 3 is 2.55 bits per heavy atom. The zero-order valence-corrected chi connectivity index (χ0v) is 12.3. The van der Waals surface area contributed by atoms with Gasteiger partial charge in [0.05, 0.1) is 18.8 Å². The minimum Gasteiger partial charge on any atom is -0.389 e. The van der Waals surface area contributed by atoms with Crippen molar-refractivity contribution in [3.8, 4) is 0 Å². The summed E-state index contributed by atoms with van der Waals surface area (Å²) in [6, 6.07) is 7.77. The van der Waals surface area contributed by atoms with Gasteiger partial charge in [0.1, 0.15) is 0 Å². The lowest BCUT2D eigenvalue weighted by molar-refractivity contribution is 0.0659. The van der Waals surface area contributed by atoms with E-state index in [4.69, 9.17) is 4.74 Å². The number of carbonyl (C=O) groups is 1. The van der Waals surface area contributed by atoms with Gasteiger partial charge in [0.2, 0.25) is 0 Å². The molecule has 0 saturated carbocycles. The molecule has 0 aliphatic heterocycles. The molecule has 2 atom stereocenters. The lowest BCUT2D eigenvalue weighted by Crippen LogP contribution is -2.42. The number of carbonyl (C=O) groups excluding carboxylic acids is 1. The molecule has 3 N–H and O–H groups in total. The van der Waals surface area contributed by atoms with Crippen LogP contribution in [0, 0.1) is 6.92 Å². The largest absolute Gasteiger partial charge is 0.389 e. The van der Waals surface area contributed by atoms with Crippen molar-refractivity contribution in [2.45, 2.75) is 32.4 Å². The minimum atomic E-state index is -0.690. The average molecular weight is 280 g/mol. The van der Waals surface area contributed by atoms with Gasteiger partial charge in [0.15, 0.2) is 0 Å². The molecule has 0 heterocycles. The number of ether oxygens (including phenoxy) is 1. The number of methoxy groups -OCH3 is 1. The first-order valence-corrected chi connectivity index (χ1v) is 6.84. The van der Waals surface area contributed by atoms with Gasteiger partial charge in [-0.15, -0.1) is 0 Å². The highest BCUT2D eigenvalue weighted by atomic mass is 16.5. The van der Waals surface area contributed by atoms with Gasteiger partial charge >= 0.3 is 6.03 Å². The first-order chi connectivity index (χ1) is 9.56. The second-order valence-electron chi connectivity index (χ2n) is 4.84. The van der Waals surface area contributed by atoms with Crippen LogP contribution < -0.4 is 10.6 Å². The van der Waals surface area contributed by atoms with E-state index in [0.717, 1.165) is 12.0 Å². The molecule has 0 aromatic heterocycles. The predicted molar refractivity (Wildman–Crippen MR) is 78.6 cm³/mol. The molecule has 0 aliphatic carbocycles. The third kappa shape index (κ3) is 5.59. The van der Waals surface area contributed by atoms with Crippen LogP contribution in [0.4, 0.5) is 4.79 Å². The zero-order valence-electron chi connectivity index (χ0n) is 12.3. The quantitative estimate of drug-likeness (QED) is 0.712. The number of aryl methyl sites for hydroxylation is 1. The summed E-state index contributed by atoms with van der Waals surface area (Å²) < 4.78 is 4.80. The van der Waals surface area contributed by atoms with Crippen LogP contribution in [0.15, 0.2) is 24.3 Å². The van der Waals surface area contributed by atoms with Crippen LogP contribution in [0.25, 0.3) is 0 Å². The molecule has 1 aromatic carbocycles. The van der Waals surface area contributed by atoms with Crippen LogP contribution in [-0.4, -0.2) is 37.5 Å². The van der Waals surface area contributed by atoms with Crippen molar-refractivity contribution in [3.05, 3.63) is 35.4 Å². The van der Waals surface area contributed by atoms with Crippen LogP contribution in [0.2, 0.25) is 0 Å². The van der Waals surface area contributed by atoms with Crippen LogP contribution in [0.5, 0.6) is 0 Å². The van der Waals surface area contributed by atoms with E-state index in [1.54, 1.807) is 0 Å². The summed E-state index contributed by atoms with van der Waals surface area (Å²) in [7, 11) is 1.51. The second kappa shape index (κ2) is 8.55. The monoisotopic (exact) mass is 280 g/mol. The molecular weight excluding hydrogens is 256 g/mol. The average Bonchev–Trinajstić information content (AvgIpc) is 2.44. The van der Waals surface area contributed by atoms with Crippen LogP contribution in [0.3, 0.4) is 0 Å². The Morgan fingerprint density at radius 1 is 1.35 bits per heavy atom. The molecule has 0 radical (unpaired) electrons. The van der Waals surface area contributed by atoms with Gasteiger partial charge in [-0.1, -0.05) is 36.8 Å². The second-order valence-corrected chi connectivity index (χ2v) is 4.84. The highest BCUT2D eigenvalue weighted by Gasteiger charge is 2.13. The standard InChI is InChI=1S/C15H24N2O3/c1-4-14(12-7-5-11(2)6-8-12)17-15(19)16-9-13(18)10-20-3/h5-8,13-14,18H,4,9-10H2,1-3H3,(H2,16,17,19). The van der Waals surface area contributed by atoms with Crippen molar-refractivity contribution in [1.82, 2.24) is 10.6 Å². The van der Waals surface area contributed by atoms with E-state index in [1.807, 2.05) is 38.1 Å². The van der Waals surface area contributed by atoms with E-state index in [0.29, 0.717) is 0 Å².